The highest BCUT2D eigenvalue weighted by Crippen LogP contribution is 2.40. The first-order valence-electron chi connectivity index (χ1n) is 10.1. The van der Waals surface area contributed by atoms with Gasteiger partial charge in [-0.05, 0) is 30.7 Å². The number of nitrogens with one attached hydrogen (secondary N) is 1. The number of halogens is 2. The SMILES string of the molecule is COc1cccc(-c2cnnc(-n3nc(C)c4c3NC(=O)C[C@@H]4c3ccc(F)cc3F)n2)c1. The number of carbonyl (C=O) groups excluding carboxylic acids is 1. The number of ether oxygens (including phenoxy) is 1. The Kier molecular flexibility index (Phi) is 5.04. The van der Waals surface area contributed by atoms with E-state index in [4.69, 9.17) is 4.74 Å². The van der Waals surface area contributed by atoms with Crippen molar-refractivity contribution in [2.24, 2.45) is 0 Å². The zero-order valence-corrected chi connectivity index (χ0v) is 17.7. The van der Waals surface area contributed by atoms with Crippen molar-refractivity contribution in [1.29, 1.82) is 0 Å². The Hall–Kier alpha value is -4.21. The van der Waals surface area contributed by atoms with E-state index in [0.717, 1.165) is 11.6 Å². The molecule has 0 unspecified atom stereocenters. The van der Waals surface area contributed by atoms with Crippen LogP contribution >= 0.6 is 0 Å². The van der Waals surface area contributed by atoms with Gasteiger partial charge in [-0.25, -0.2) is 13.8 Å². The number of hydrogen-bond donors (Lipinski definition) is 1. The van der Waals surface area contributed by atoms with E-state index in [-0.39, 0.29) is 23.8 Å². The van der Waals surface area contributed by atoms with Crippen LogP contribution in [0.5, 0.6) is 5.75 Å². The largest absolute Gasteiger partial charge is 0.497 e. The standard InChI is InChI=1S/C23H18F2N6O2/c1-12-21-17(16-7-6-14(24)9-18(16)25)10-20(32)28-22(21)31(30-12)23-27-19(11-26-29-23)13-4-3-5-15(8-13)33-2/h3-9,11,17H,10H2,1-2H3,(H,28,32)/t17-/m1/s1. The molecular formula is C23H18F2N6O2. The van der Waals surface area contributed by atoms with Crippen molar-refractivity contribution in [2.45, 2.75) is 19.3 Å². The van der Waals surface area contributed by atoms with E-state index < -0.39 is 17.6 Å². The molecule has 0 spiro atoms. The highest BCUT2D eigenvalue weighted by atomic mass is 19.1. The average Bonchev–Trinajstić information content (AvgIpc) is 3.15. The van der Waals surface area contributed by atoms with Crippen LogP contribution in [-0.4, -0.2) is 38.0 Å². The highest BCUT2D eigenvalue weighted by molar-refractivity contribution is 5.95. The summed E-state index contributed by atoms with van der Waals surface area (Å²) in [5, 5.41) is 15.4. The summed E-state index contributed by atoms with van der Waals surface area (Å²) in [6.45, 7) is 1.75. The lowest BCUT2D eigenvalue weighted by Crippen LogP contribution is -2.25. The van der Waals surface area contributed by atoms with E-state index in [9.17, 15) is 13.6 Å². The van der Waals surface area contributed by atoms with Crippen LogP contribution in [0.3, 0.4) is 0 Å². The summed E-state index contributed by atoms with van der Waals surface area (Å²) >= 11 is 0. The molecule has 3 heterocycles. The Morgan fingerprint density at radius 1 is 1.18 bits per heavy atom. The van der Waals surface area contributed by atoms with Crippen LogP contribution in [-0.2, 0) is 4.79 Å². The third-order valence-electron chi connectivity index (χ3n) is 5.54. The van der Waals surface area contributed by atoms with Gasteiger partial charge in [0.15, 0.2) is 0 Å². The van der Waals surface area contributed by atoms with E-state index >= 15 is 0 Å². The molecule has 0 bridgehead atoms. The molecule has 0 fully saturated rings. The molecule has 0 saturated heterocycles. The number of carbonyl (C=O) groups is 1. The predicted molar refractivity (Wildman–Crippen MR) is 115 cm³/mol. The number of methoxy groups -OCH3 is 1. The summed E-state index contributed by atoms with van der Waals surface area (Å²) in [7, 11) is 1.57. The van der Waals surface area contributed by atoms with E-state index in [1.807, 2.05) is 24.3 Å². The van der Waals surface area contributed by atoms with Gasteiger partial charge in [-0.3, -0.25) is 4.79 Å². The topological polar surface area (TPSA) is 94.8 Å². The normalized spacial score (nSPS) is 15.2. The zero-order valence-electron chi connectivity index (χ0n) is 17.7. The Labute approximate surface area is 187 Å². The second-order valence-electron chi connectivity index (χ2n) is 7.60. The highest BCUT2D eigenvalue weighted by Gasteiger charge is 2.34. The lowest BCUT2D eigenvalue weighted by molar-refractivity contribution is -0.116. The Bertz CT molecular complexity index is 1390. The molecule has 1 atom stereocenters. The van der Waals surface area contributed by atoms with Gasteiger partial charge in [0.05, 0.1) is 24.7 Å². The van der Waals surface area contributed by atoms with Gasteiger partial charge >= 0.3 is 0 Å². The van der Waals surface area contributed by atoms with Crippen LogP contribution in [0.4, 0.5) is 14.6 Å². The van der Waals surface area contributed by atoms with E-state index in [1.165, 1.54) is 23.0 Å². The molecular weight excluding hydrogens is 430 g/mol. The molecule has 10 heteroatoms. The molecule has 1 amide bonds. The summed E-state index contributed by atoms with van der Waals surface area (Å²) in [6.07, 6.45) is 1.52. The maximum atomic E-state index is 14.6. The Morgan fingerprint density at radius 3 is 2.82 bits per heavy atom. The van der Waals surface area contributed by atoms with Crippen molar-refractivity contribution in [1.82, 2.24) is 25.0 Å². The molecule has 166 valence electrons. The molecule has 1 aliphatic heterocycles. The number of hydrogen-bond acceptors (Lipinski definition) is 6. The van der Waals surface area contributed by atoms with Gasteiger partial charge in [-0.15, -0.1) is 5.10 Å². The number of fused-ring (bicyclic) bond motifs is 1. The van der Waals surface area contributed by atoms with E-state index in [2.05, 4.69) is 25.6 Å². The number of anilines is 1. The maximum Gasteiger partial charge on any atom is 0.272 e. The summed E-state index contributed by atoms with van der Waals surface area (Å²) in [5.74, 6) is -1.21. The van der Waals surface area contributed by atoms with Crippen LogP contribution in [0.1, 0.15) is 29.2 Å². The van der Waals surface area contributed by atoms with Crippen LogP contribution in [0.15, 0.2) is 48.7 Å². The third kappa shape index (κ3) is 3.69. The van der Waals surface area contributed by atoms with Crippen LogP contribution in [0.2, 0.25) is 0 Å². The third-order valence-corrected chi connectivity index (χ3v) is 5.54. The predicted octanol–water partition coefficient (Wildman–Crippen LogP) is 3.79. The molecule has 5 rings (SSSR count). The molecule has 8 nitrogen and oxygen atoms in total. The van der Waals surface area contributed by atoms with Gasteiger partial charge in [0, 0.05) is 29.5 Å². The number of aryl methyl sites for hydroxylation is 1. The summed E-state index contributed by atoms with van der Waals surface area (Å²) in [4.78, 5) is 17.1. The summed E-state index contributed by atoms with van der Waals surface area (Å²) in [6, 6.07) is 10.7. The van der Waals surface area contributed by atoms with E-state index in [1.54, 1.807) is 14.0 Å². The molecule has 0 saturated carbocycles. The van der Waals surface area contributed by atoms with Crippen molar-refractivity contribution in [3.63, 3.8) is 0 Å². The Balaban J connectivity index is 1.61. The van der Waals surface area contributed by atoms with Crippen molar-refractivity contribution in [3.05, 3.63) is 77.1 Å². The minimum atomic E-state index is -0.717. The summed E-state index contributed by atoms with van der Waals surface area (Å²) < 4.78 is 34.7. The van der Waals surface area contributed by atoms with Crippen molar-refractivity contribution in [3.8, 4) is 23.0 Å². The fourth-order valence-corrected chi connectivity index (χ4v) is 4.05. The summed E-state index contributed by atoms with van der Waals surface area (Å²) in [5.41, 5.74) is 2.70. The Morgan fingerprint density at radius 2 is 2.03 bits per heavy atom. The number of nitrogens with zero attached hydrogens (tertiary/aromatic N) is 5. The number of rotatable bonds is 4. The first kappa shape index (κ1) is 20.7. The second-order valence-corrected chi connectivity index (χ2v) is 7.60. The van der Waals surface area contributed by atoms with Gasteiger partial charge in [0.2, 0.25) is 5.91 Å². The van der Waals surface area contributed by atoms with Crippen molar-refractivity contribution >= 4 is 11.7 Å². The monoisotopic (exact) mass is 448 g/mol. The van der Waals surface area contributed by atoms with Crippen LogP contribution in [0, 0.1) is 18.6 Å². The first-order chi connectivity index (χ1) is 15.9. The lowest BCUT2D eigenvalue weighted by atomic mass is 9.85. The van der Waals surface area contributed by atoms with Crippen molar-refractivity contribution in [2.75, 3.05) is 12.4 Å². The number of benzene rings is 2. The first-order valence-corrected chi connectivity index (χ1v) is 10.1. The van der Waals surface area contributed by atoms with Gasteiger partial charge in [0.1, 0.15) is 23.2 Å². The van der Waals surface area contributed by atoms with Gasteiger partial charge in [-0.1, -0.05) is 18.2 Å². The zero-order chi connectivity index (χ0) is 23.1. The second kappa shape index (κ2) is 8.05. The van der Waals surface area contributed by atoms with E-state index in [0.29, 0.717) is 28.5 Å². The molecule has 1 N–H and O–H groups in total. The maximum absolute atomic E-state index is 14.6. The molecule has 33 heavy (non-hydrogen) atoms. The lowest BCUT2D eigenvalue weighted by Gasteiger charge is -2.24. The molecule has 2 aromatic heterocycles. The van der Waals surface area contributed by atoms with Gasteiger partial charge in [-0.2, -0.15) is 14.9 Å². The van der Waals surface area contributed by atoms with Gasteiger partial charge < -0.3 is 10.1 Å². The molecule has 0 aliphatic carbocycles. The van der Waals surface area contributed by atoms with Crippen LogP contribution in [0.25, 0.3) is 17.2 Å². The molecule has 1 aliphatic rings. The van der Waals surface area contributed by atoms with Crippen LogP contribution < -0.4 is 10.1 Å². The minimum absolute atomic E-state index is 0.00500. The average molecular weight is 448 g/mol. The number of amides is 1. The number of aromatic nitrogens is 5. The quantitative estimate of drug-likeness (QED) is 0.510. The molecule has 4 aromatic rings. The fraction of sp³-hybridized carbons (Fsp3) is 0.174. The smallest absolute Gasteiger partial charge is 0.272 e. The fourth-order valence-electron chi connectivity index (χ4n) is 4.05. The molecule has 0 radical (unpaired) electrons. The van der Waals surface area contributed by atoms with Crippen molar-refractivity contribution < 1.29 is 18.3 Å². The van der Waals surface area contributed by atoms with Gasteiger partial charge in [0.25, 0.3) is 5.95 Å². The minimum Gasteiger partial charge on any atom is -0.497 e. The molecule has 2 aromatic carbocycles.